The highest BCUT2D eigenvalue weighted by molar-refractivity contribution is 5.94. The smallest absolute Gasteiger partial charge is 0.254 e. The van der Waals surface area contributed by atoms with Crippen LogP contribution in [0.25, 0.3) is 0 Å². The van der Waals surface area contributed by atoms with Crippen molar-refractivity contribution in [3.8, 4) is 0 Å². The van der Waals surface area contributed by atoms with Gasteiger partial charge in [-0.05, 0) is 44.7 Å². The van der Waals surface area contributed by atoms with Crippen LogP contribution in [0.15, 0.2) is 61.3 Å². The first-order chi connectivity index (χ1) is 15.9. The quantitative estimate of drug-likeness (QED) is 0.566. The number of ether oxygens (including phenoxy) is 1. The molecule has 6 heteroatoms. The summed E-state index contributed by atoms with van der Waals surface area (Å²) in [5, 5.41) is 0. The number of piperazine rings is 1. The van der Waals surface area contributed by atoms with Crippen molar-refractivity contribution < 1.29 is 9.53 Å². The van der Waals surface area contributed by atoms with Crippen molar-refractivity contribution >= 4 is 11.7 Å². The summed E-state index contributed by atoms with van der Waals surface area (Å²) in [5.74, 6) is 1.01. The van der Waals surface area contributed by atoms with E-state index in [0.717, 1.165) is 37.6 Å². The molecule has 1 amide bonds. The molecule has 0 radical (unpaired) electrons. The molecule has 0 unspecified atom stereocenters. The molecule has 1 aliphatic rings. The monoisotopic (exact) mass is 454 g/mol. The predicted octanol–water partition coefficient (Wildman–Crippen LogP) is 4.73. The minimum Gasteiger partial charge on any atom is -0.382 e. The Morgan fingerprint density at radius 1 is 1.12 bits per heavy atom. The van der Waals surface area contributed by atoms with Crippen LogP contribution in [0.5, 0.6) is 0 Å². The highest BCUT2D eigenvalue weighted by atomic mass is 16.5. The maximum atomic E-state index is 12.7. The normalized spacial score (nSPS) is 13.4. The second kappa shape index (κ2) is 16.0. The number of aromatic nitrogens is 1. The lowest BCUT2D eigenvalue weighted by Gasteiger charge is -2.33. The average molecular weight is 455 g/mol. The molecule has 182 valence electrons. The molecule has 33 heavy (non-hydrogen) atoms. The van der Waals surface area contributed by atoms with Crippen LogP contribution in [0.1, 0.15) is 43.6 Å². The van der Waals surface area contributed by atoms with Gasteiger partial charge in [0, 0.05) is 58.1 Å². The SMILES string of the molecule is C=CCN(Cc1ccc(N2CCN(C)CC2)nc1)C(=O)c1ccccc1.CC.COC(C)C. The Morgan fingerprint density at radius 3 is 2.21 bits per heavy atom. The molecule has 1 aromatic heterocycles. The lowest BCUT2D eigenvalue weighted by Crippen LogP contribution is -2.44. The average Bonchev–Trinajstić information content (AvgIpc) is 2.86. The Hall–Kier alpha value is -2.70. The highest BCUT2D eigenvalue weighted by Crippen LogP contribution is 2.15. The summed E-state index contributed by atoms with van der Waals surface area (Å²) in [6.07, 6.45) is 4.02. The van der Waals surface area contributed by atoms with Crippen LogP contribution in [0.3, 0.4) is 0 Å². The number of carbonyl (C=O) groups excluding carboxylic acids is 1. The van der Waals surface area contributed by atoms with Crippen molar-refractivity contribution in [1.29, 1.82) is 0 Å². The maximum Gasteiger partial charge on any atom is 0.254 e. The summed E-state index contributed by atoms with van der Waals surface area (Å²) in [4.78, 5) is 23.8. The fourth-order valence-corrected chi connectivity index (χ4v) is 3.09. The fraction of sp³-hybridized carbons (Fsp3) is 0.481. The zero-order valence-electron chi connectivity index (χ0n) is 21.3. The Labute approximate surface area is 200 Å². The van der Waals surface area contributed by atoms with E-state index in [2.05, 4.69) is 40.5 Å². The van der Waals surface area contributed by atoms with Crippen LogP contribution < -0.4 is 4.90 Å². The van der Waals surface area contributed by atoms with Crippen molar-refractivity contribution in [3.63, 3.8) is 0 Å². The summed E-state index contributed by atoms with van der Waals surface area (Å²) < 4.78 is 4.75. The number of likely N-dealkylation sites (N-methyl/N-ethyl adjacent to an activating group) is 1. The third kappa shape index (κ3) is 10.2. The van der Waals surface area contributed by atoms with Gasteiger partial charge < -0.3 is 19.4 Å². The molecule has 1 fully saturated rings. The molecule has 0 atom stereocenters. The minimum atomic E-state index is 0.00800. The molecule has 3 rings (SSSR count). The zero-order chi connectivity index (χ0) is 24.6. The van der Waals surface area contributed by atoms with Gasteiger partial charge in [0.2, 0.25) is 0 Å². The molecule has 2 aromatic rings. The largest absolute Gasteiger partial charge is 0.382 e. The third-order valence-corrected chi connectivity index (χ3v) is 5.14. The van der Waals surface area contributed by atoms with E-state index in [0.29, 0.717) is 24.8 Å². The number of anilines is 1. The Bertz CT molecular complexity index is 786. The maximum absolute atomic E-state index is 12.7. The van der Waals surface area contributed by atoms with Gasteiger partial charge >= 0.3 is 0 Å². The number of rotatable bonds is 7. The number of hydrogen-bond donors (Lipinski definition) is 0. The highest BCUT2D eigenvalue weighted by Gasteiger charge is 2.17. The summed E-state index contributed by atoms with van der Waals surface area (Å²) >= 11 is 0. The van der Waals surface area contributed by atoms with Gasteiger partial charge in [0.25, 0.3) is 5.91 Å². The van der Waals surface area contributed by atoms with Gasteiger partial charge in [-0.15, -0.1) is 6.58 Å². The van der Waals surface area contributed by atoms with E-state index >= 15 is 0 Å². The number of carbonyl (C=O) groups is 1. The van der Waals surface area contributed by atoms with E-state index < -0.39 is 0 Å². The molecule has 0 spiro atoms. The first-order valence-electron chi connectivity index (χ1n) is 11.8. The van der Waals surface area contributed by atoms with Crippen LogP contribution in [0.2, 0.25) is 0 Å². The van der Waals surface area contributed by atoms with Crippen molar-refractivity contribution in [2.75, 3.05) is 51.8 Å². The Kier molecular flexibility index (Phi) is 13.7. The number of nitrogens with zero attached hydrogens (tertiary/aromatic N) is 4. The van der Waals surface area contributed by atoms with Gasteiger partial charge in [0.05, 0.1) is 6.10 Å². The Balaban J connectivity index is 0.000000689. The zero-order valence-corrected chi connectivity index (χ0v) is 21.3. The molecule has 1 saturated heterocycles. The first kappa shape index (κ1) is 28.3. The van der Waals surface area contributed by atoms with E-state index in [4.69, 9.17) is 4.74 Å². The lowest BCUT2D eigenvalue weighted by molar-refractivity contribution is 0.0762. The van der Waals surface area contributed by atoms with E-state index in [-0.39, 0.29) is 5.91 Å². The van der Waals surface area contributed by atoms with Crippen LogP contribution >= 0.6 is 0 Å². The number of pyridine rings is 1. The molecule has 0 bridgehead atoms. The molecule has 0 saturated carbocycles. The van der Waals surface area contributed by atoms with Crippen molar-refractivity contribution in [1.82, 2.24) is 14.8 Å². The van der Waals surface area contributed by atoms with E-state index in [1.807, 2.05) is 64.2 Å². The number of hydrogen-bond acceptors (Lipinski definition) is 5. The number of amides is 1. The molecule has 0 N–H and O–H groups in total. The summed E-state index contributed by atoms with van der Waals surface area (Å²) in [6, 6.07) is 13.5. The van der Waals surface area contributed by atoms with Crippen LogP contribution in [0.4, 0.5) is 5.82 Å². The Morgan fingerprint density at radius 2 is 1.73 bits per heavy atom. The molecule has 0 aliphatic carbocycles. The lowest BCUT2D eigenvalue weighted by atomic mass is 10.1. The van der Waals surface area contributed by atoms with Gasteiger partial charge in [-0.3, -0.25) is 4.79 Å². The molecule has 2 heterocycles. The first-order valence-corrected chi connectivity index (χ1v) is 11.8. The van der Waals surface area contributed by atoms with E-state index in [9.17, 15) is 4.79 Å². The van der Waals surface area contributed by atoms with Gasteiger partial charge in [-0.2, -0.15) is 0 Å². The predicted molar refractivity (Wildman–Crippen MR) is 139 cm³/mol. The molecular weight excluding hydrogens is 412 g/mol. The second-order valence-corrected chi connectivity index (χ2v) is 7.94. The topological polar surface area (TPSA) is 48.9 Å². The number of methoxy groups -OCH3 is 1. The second-order valence-electron chi connectivity index (χ2n) is 7.94. The van der Waals surface area contributed by atoms with Crippen LogP contribution in [0, 0.1) is 0 Å². The summed E-state index contributed by atoms with van der Waals surface area (Å²) in [5.41, 5.74) is 1.71. The number of benzene rings is 1. The van der Waals surface area contributed by atoms with Gasteiger partial charge in [0.15, 0.2) is 0 Å². The third-order valence-electron chi connectivity index (χ3n) is 5.14. The van der Waals surface area contributed by atoms with Crippen LogP contribution in [-0.2, 0) is 11.3 Å². The van der Waals surface area contributed by atoms with Gasteiger partial charge in [-0.1, -0.05) is 44.2 Å². The summed E-state index contributed by atoms with van der Waals surface area (Å²) in [7, 11) is 3.84. The molecule has 1 aromatic carbocycles. The van der Waals surface area contributed by atoms with Crippen molar-refractivity contribution in [2.45, 2.75) is 40.3 Å². The van der Waals surface area contributed by atoms with Crippen molar-refractivity contribution in [2.24, 2.45) is 0 Å². The molecule has 1 aliphatic heterocycles. The van der Waals surface area contributed by atoms with E-state index in [1.54, 1.807) is 18.1 Å². The van der Waals surface area contributed by atoms with Gasteiger partial charge in [0.1, 0.15) is 5.82 Å². The van der Waals surface area contributed by atoms with Gasteiger partial charge in [-0.25, -0.2) is 4.98 Å². The molecule has 6 nitrogen and oxygen atoms in total. The van der Waals surface area contributed by atoms with Crippen molar-refractivity contribution in [3.05, 3.63) is 72.4 Å². The van der Waals surface area contributed by atoms with E-state index in [1.165, 1.54) is 0 Å². The summed E-state index contributed by atoms with van der Waals surface area (Å²) in [6.45, 7) is 16.9. The fourth-order valence-electron chi connectivity index (χ4n) is 3.09. The van der Waals surface area contributed by atoms with Crippen LogP contribution in [-0.4, -0.2) is 73.7 Å². The molecular formula is C27H42N4O2. The standard InChI is InChI=1S/C21H26N4O.C4H10O.C2H6/c1-3-11-25(21(26)19-7-5-4-6-8-19)17-18-9-10-20(22-16-18)24-14-12-23(2)13-15-24;1-4(2)5-3;1-2/h3-10,16H,1,11-15,17H2,2H3;4H,1-3H3;1-2H3. The minimum absolute atomic E-state index is 0.00800.